The van der Waals surface area contributed by atoms with Crippen molar-refractivity contribution in [3.63, 3.8) is 0 Å². The number of halogens is 1. The molecule has 0 aliphatic carbocycles. The van der Waals surface area contributed by atoms with Crippen LogP contribution in [0.1, 0.15) is 0 Å². The highest BCUT2D eigenvalue weighted by Crippen LogP contribution is 2.26. The Kier molecular flexibility index (Phi) is 1.73. The van der Waals surface area contributed by atoms with Gasteiger partial charge in [0.05, 0.1) is 5.52 Å². The van der Waals surface area contributed by atoms with Gasteiger partial charge in [0.25, 0.3) is 0 Å². The van der Waals surface area contributed by atoms with Crippen LogP contribution in [0.15, 0.2) is 40.9 Å². The number of furan rings is 1. The van der Waals surface area contributed by atoms with Crippen LogP contribution in [-0.2, 0) is 0 Å². The summed E-state index contributed by atoms with van der Waals surface area (Å²) in [5, 5.41) is 2.14. The molecule has 2 nitrogen and oxygen atoms in total. The molecule has 3 heteroatoms. The van der Waals surface area contributed by atoms with Gasteiger partial charge in [-0.3, -0.25) is 4.98 Å². The van der Waals surface area contributed by atoms with Crippen molar-refractivity contribution in [3.05, 3.63) is 40.3 Å². The average molecular weight is 295 g/mol. The molecule has 0 saturated heterocycles. The molecule has 0 bridgehead atoms. The number of rotatable bonds is 0. The maximum absolute atomic E-state index is 5.63. The number of nitrogens with zero attached hydrogens (tertiary/aromatic N) is 1. The number of benzene rings is 1. The van der Waals surface area contributed by atoms with Crippen LogP contribution >= 0.6 is 22.6 Å². The molecule has 1 aromatic carbocycles. The third kappa shape index (κ3) is 1.12. The van der Waals surface area contributed by atoms with Crippen LogP contribution in [-0.4, -0.2) is 4.98 Å². The molecule has 0 saturated carbocycles. The topological polar surface area (TPSA) is 26.0 Å². The van der Waals surface area contributed by atoms with Crippen molar-refractivity contribution in [2.45, 2.75) is 0 Å². The summed E-state index contributed by atoms with van der Waals surface area (Å²) >= 11 is 2.17. The van der Waals surface area contributed by atoms with Gasteiger partial charge >= 0.3 is 0 Å². The summed E-state index contributed by atoms with van der Waals surface area (Å²) in [7, 11) is 0. The minimum absolute atomic E-state index is 0.899. The monoisotopic (exact) mass is 295 g/mol. The Morgan fingerprint density at radius 1 is 1.21 bits per heavy atom. The van der Waals surface area contributed by atoms with E-state index in [2.05, 4.69) is 27.6 Å². The van der Waals surface area contributed by atoms with E-state index in [1.165, 1.54) is 0 Å². The van der Waals surface area contributed by atoms with Gasteiger partial charge in [-0.1, -0.05) is 12.1 Å². The first-order valence-corrected chi connectivity index (χ1v) is 5.35. The third-order valence-corrected chi connectivity index (χ3v) is 2.75. The third-order valence-electron chi connectivity index (χ3n) is 2.22. The number of pyridine rings is 1. The van der Waals surface area contributed by atoms with Crippen LogP contribution < -0.4 is 0 Å². The molecule has 3 rings (SSSR count). The smallest absolute Gasteiger partial charge is 0.165 e. The molecule has 0 N–H and O–H groups in total. The van der Waals surface area contributed by atoms with Crippen LogP contribution in [0.2, 0.25) is 0 Å². The molecule has 0 amide bonds. The number of para-hydroxylation sites is 1. The number of hydrogen-bond acceptors (Lipinski definition) is 2. The van der Waals surface area contributed by atoms with E-state index in [9.17, 15) is 0 Å². The Morgan fingerprint density at radius 2 is 2.07 bits per heavy atom. The van der Waals surface area contributed by atoms with E-state index in [-0.39, 0.29) is 0 Å². The zero-order chi connectivity index (χ0) is 9.54. The van der Waals surface area contributed by atoms with E-state index in [0.29, 0.717) is 0 Å². The Bertz CT molecular complexity index is 615. The lowest BCUT2D eigenvalue weighted by Gasteiger charge is -1.95. The van der Waals surface area contributed by atoms with Gasteiger partial charge in [0.1, 0.15) is 5.58 Å². The van der Waals surface area contributed by atoms with E-state index < -0.39 is 0 Å². The highest BCUT2D eigenvalue weighted by atomic mass is 127. The first kappa shape index (κ1) is 8.23. The van der Waals surface area contributed by atoms with Gasteiger partial charge in [-0.2, -0.15) is 0 Å². The summed E-state index contributed by atoms with van der Waals surface area (Å²) in [5.41, 5.74) is 1.91. The second kappa shape index (κ2) is 2.95. The summed E-state index contributed by atoms with van der Waals surface area (Å²) in [6.45, 7) is 0. The fourth-order valence-electron chi connectivity index (χ4n) is 1.60. The Morgan fingerprint density at radius 3 is 3.00 bits per heavy atom. The molecule has 2 heterocycles. The molecule has 0 radical (unpaired) electrons. The Hall–Kier alpha value is -1.10. The standard InChI is InChI=1S/C11H6INO/c12-10-5-7-6-13-9-4-2-1-3-8(9)11(7)14-10/h1-6H. The van der Waals surface area contributed by atoms with Gasteiger partial charge in [0, 0.05) is 17.0 Å². The lowest BCUT2D eigenvalue weighted by molar-refractivity contribution is 0.587. The summed E-state index contributed by atoms with van der Waals surface area (Å²) < 4.78 is 6.53. The molecule has 68 valence electrons. The first-order valence-electron chi connectivity index (χ1n) is 4.27. The van der Waals surface area contributed by atoms with Crippen LogP contribution in [0.4, 0.5) is 0 Å². The molecule has 0 aliphatic heterocycles. The molecule has 3 aromatic rings. The summed E-state index contributed by atoms with van der Waals surface area (Å²) in [6, 6.07) is 10.00. The van der Waals surface area contributed by atoms with Crippen molar-refractivity contribution < 1.29 is 4.42 Å². The Labute approximate surface area is 94.1 Å². The van der Waals surface area contributed by atoms with Gasteiger partial charge in [-0.25, -0.2) is 0 Å². The molecule has 0 fully saturated rings. The summed E-state index contributed by atoms with van der Waals surface area (Å²) in [5.74, 6) is 0. The van der Waals surface area contributed by atoms with Gasteiger partial charge in [0.2, 0.25) is 0 Å². The van der Waals surface area contributed by atoms with E-state index >= 15 is 0 Å². The first-order chi connectivity index (χ1) is 6.84. The maximum atomic E-state index is 5.63. The maximum Gasteiger partial charge on any atom is 0.165 e. The summed E-state index contributed by atoms with van der Waals surface area (Å²) in [6.07, 6.45) is 1.85. The van der Waals surface area contributed by atoms with E-state index in [4.69, 9.17) is 4.42 Å². The molecule has 2 aromatic heterocycles. The van der Waals surface area contributed by atoms with Crippen molar-refractivity contribution in [1.29, 1.82) is 0 Å². The summed E-state index contributed by atoms with van der Waals surface area (Å²) in [4.78, 5) is 4.36. The van der Waals surface area contributed by atoms with Gasteiger partial charge in [-0.15, -0.1) is 0 Å². The zero-order valence-corrected chi connectivity index (χ0v) is 9.36. The molecule has 14 heavy (non-hydrogen) atoms. The second-order valence-corrected chi connectivity index (χ2v) is 4.17. The normalized spacial score (nSPS) is 11.2. The minimum atomic E-state index is 0.899. The SMILES string of the molecule is Ic1cc2cnc3ccccc3c2o1. The lowest BCUT2D eigenvalue weighted by Crippen LogP contribution is -1.76. The van der Waals surface area contributed by atoms with Crippen molar-refractivity contribution in [1.82, 2.24) is 4.98 Å². The van der Waals surface area contributed by atoms with Crippen LogP contribution in [0.5, 0.6) is 0 Å². The number of hydrogen-bond donors (Lipinski definition) is 0. The van der Waals surface area contributed by atoms with Crippen LogP contribution in [0, 0.1) is 3.77 Å². The number of fused-ring (bicyclic) bond motifs is 3. The van der Waals surface area contributed by atoms with Crippen molar-refractivity contribution in [2.24, 2.45) is 0 Å². The lowest BCUT2D eigenvalue weighted by atomic mass is 10.2. The van der Waals surface area contributed by atoms with Crippen molar-refractivity contribution in [2.75, 3.05) is 0 Å². The number of aromatic nitrogens is 1. The highest BCUT2D eigenvalue weighted by molar-refractivity contribution is 14.1. The fraction of sp³-hybridized carbons (Fsp3) is 0. The average Bonchev–Trinajstić information content (AvgIpc) is 2.59. The quantitative estimate of drug-likeness (QED) is 0.592. The van der Waals surface area contributed by atoms with E-state index in [1.807, 2.05) is 36.5 Å². The molecule has 0 spiro atoms. The van der Waals surface area contributed by atoms with Crippen LogP contribution in [0.3, 0.4) is 0 Å². The minimum Gasteiger partial charge on any atom is -0.450 e. The largest absolute Gasteiger partial charge is 0.450 e. The highest BCUT2D eigenvalue weighted by Gasteiger charge is 2.05. The second-order valence-electron chi connectivity index (χ2n) is 3.11. The van der Waals surface area contributed by atoms with Crippen molar-refractivity contribution >= 4 is 44.5 Å². The molecule has 0 atom stereocenters. The van der Waals surface area contributed by atoms with Gasteiger partial charge in [0.15, 0.2) is 3.77 Å². The van der Waals surface area contributed by atoms with Gasteiger partial charge < -0.3 is 4.42 Å². The molecule has 0 unspecified atom stereocenters. The van der Waals surface area contributed by atoms with Crippen LogP contribution in [0.25, 0.3) is 21.9 Å². The van der Waals surface area contributed by atoms with Crippen molar-refractivity contribution in [3.8, 4) is 0 Å². The molecule has 0 aliphatic rings. The van der Waals surface area contributed by atoms with Gasteiger partial charge in [-0.05, 0) is 40.8 Å². The van der Waals surface area contributed by atoms with E-state index in [1.54, 1.807) is 0 Å². The predicted octanol–water partition coefficient (Wildman–Crippen LogP) is 3.59. The Balaban J connectivity index is 2.60. The molecular formula is C11H6INO. The predicted molar refractivity (Wildman–Crippen MR) is 64.2 cm³/mol. The fourth-order valence-corrected chi connectivity index (χ4v) is 2.15. The van der Waals surface area contributed by atoms with E-state index in [0.717, 1.165) is 25.6 Å². The zero-order valence-electron chi connectivity index (χ0n) is 7.20. The molecular weight excluding hydrogens is 289 g/mol.